The summed E-state index contributed by atoms with van der Waals surface area (Å²) in [6, 6.07) is 14.0. The van der Waals surface area contributed by atoms with E-state index in [0.29, 0.717) is 11.7 Å². The molecule has 3 rings (SSSR count). The molecule has 2 heteroatoms. The number of hydrogen-bond acceptors (Lipinski definition) is 1. The van der Waals surface area contributed by atoms with E-state index < -0.39 is 0 Å². The van der Waals surface area contributed by atoms with Crippen LogP contribution in [-0.2, 0) is 0 Å². The second kappa shape index (κ2) is 6.01. The number of phenolic OH excluding ortho intramolecular Hbond substituents is 1. The van der Waals surface area contributed by atoms with E-state index in [1.165, 1.54) is 37.7 Å². The lowest BCUT2D eigenvalue weighted by atomic mass is 9.83. The van der Waals surface area contributed by atoms with Gasteiger partial charge in [0.25, 0.3) is 0 Å². The quantitative estimate of drug-likeness (QED) is 0.730. The molecule has 104 valence electrons. The van der Waals surface area contributed by atoms with Gasteiger partial charge in [-0.1, -0.05) is 49.6 Å². The van der Waals surface area contributed by atoms with Crippen LogP contribution in [0.5, 0.6) is 5.75 Å². The van der Waals surface area contributed by atoms with Crippen molar-refractivity contribution in [2.75, 3.05) is 0 Å². The van der Waals surface area contributed by atoms with Gasteiger partial charge in [-0.15, -0.1) is 0 Å². The SMILES string of the molecule is Oc1cc(-c2ccccc2)c(Br)c(C2CCCCC2)c1. The minimum atomic E-state index is 0.368. The van der Waals surface area contributed by atoms with E-state index in [4.69, 9.17) is 0 Å². The van der Waals surface area contributed by atoms with E-state index in [1.807, 2.05) is 30.3 Å². The average Bonchev–Trinajstić information content (AvgIpc) is 2.51. The molecule has 0 heterocycles. The minimum absolute atomic E-state index is 0.368. The molecule has 0 aromatic heterocycles. The van der Waals surface area contributed by atoms with Crippen molar-refractivity contribution in [3.8, 4) is 16.9 Å². The fourth-order valence-corrected chi connectivity index (χ4v) is 3.95. The number of aromatic hydroxyl groups is 1. The second-order valence-electron chi connectivity index (χ2n) is 5.60. The highest BCUT2D eigenvalue weighted by atomic mass is 79.9. The normalized spacial score (nSPS) is 16.2. The standard InChI is InChI=1S/C18H19BrO/c19-18-16(13-7-3-1-4-8-13)11-15(20)12-17(18)14-9-5-2-6-10-14/h1,3-4,7-8,11-12,14,20H,2,5-6,9-10H2. The summed E-state index contributed by atoms with van der Waals surface area (Å²) in [7, 11) is 0. The first-order valence-electron chi connectivity index (χ1n) is 7.33. The monoisotopic (exact) mass is 330 g/mol. The molecular formula is C18H19BrO. The molecule has 1 nitrogen and oxygen atoms in total. The molecule has 0 bridgehead atoms. The van der Waals surface area contributed by atoms with Crippen LogP contribution in [-0.4, -0.2) is 5.11 Å². The van der Waals surface area contributed by atoms with Crippen LogP contribution in [0.4, 0.5) is 0 Å². The van der Waals surface area contributed by atoms with Gasteiger partial charge in [-0.3, -0.25) is 0 Å². The molecule has 0 unspecified atom stereocenters. The minimum Gasteiger partial charge on any atom is -0.508 e. The van der Waals surface area contributed by atoms with Gasteiger partial charge in [0.2, 0.25) is 0 Å². The van der Waals surface area contributed by atoms with Gasteiger partial charge in [0.1, 0.15) is 5.75 Å². The fourth-order valence-electron chi connectivity index (χ4n) is 3.17. The zero-order valence-electron chi connectivity index (χ0n) is 11.5. The molecule has 0 radical (unpaired) electrons. The Morgan fingerprint density at radius 1 is 0.950 bits per heavy atom. The summed E-state index contributed by atoms with van der Waals surface area (Å²) in [6.45, 7) is 0. The molecular weight excluding hydrogens is 312 g/mol. The van der Waals surface area contributed by atoms with Gasteiger partial charge in [-0.2, -0.15) is 0 Å². The zero-order chi connectivity index (χ0) is 13.9. The Labute approximate surface area is 128 Å². The summed E-state index contributed by atoms with van der Waals surface area (Å²) in [5, 5.41) is 10.1. The van der Waals surface area contributed by atoms with Crippen LogP contribution < -0.4 is 0 Å². The van der Waals surface area contributed by atoms with Crippen molar-refractivity contribution in [2.45, 2.75) is 38.0 Å². The van der Waals surface area contributed by atoms with Crippen LogP contribution in [0.2, 0.25) is 0 Å². The van der Waals surface area contributed by atoms with Gasteiger partial charge < -0.3 is 5.11 Å². The van der Waals surface area contributed by atoms with Gasteiger partial charge in [0.05, 0.1) is 0 Å². The van der Waals surface area contributed by atoms with E-state index in [1.54, 1.807) is 0 Å². The third kappa shape index (κ3) is 2.76. The zero-order valence-corrected chi connectivity index (χ0v) is 13.1. The Bertz CT molecular complexity index is 586. The molecule has 0 saturated heterocycles. The topological polar surface area (TPSA) is 20.2 Å². The van der Waals surface area contributed by atoms with Crippen molar-refractivity contribution in [3.05, 3.63) is 52.5 Å². The van der Waals surface area contributed by atoms with Gasteiger partial charge >= 0.3 is 0 Å². The van der Waals surface area contributed by atoms with Crippen molar-refractivity contribution in [2.24, 2.45) is 0 Å². The van der Waals surface area contributed by atoms with Crippen LogP contribution in [0.25, 0.3) is 11.1 Å². The summed E-state index contributed by atoms with van der Waals surface area (Å²) in [5.74, 6) is 0.945. The summed E-state index contributed by atoms with van der Waals surface area (Å²) >= 11 is 3.78. The molecule has 2 aromatic rings. The van der Waals surface area contributed by atoms with E-state index in [2.05, 4.69) is 28.1 Å². The molecule has 0 amide bonds. The maximum atomic E-state index is 10.1. The smallest absolute Gasteiger partial charge is 0.116 e. The van der Waals surface area contributed by atoms with Crippen LogP contribution in [0.1, 0.15) is 43.6 Å². The number of benzene rings is 2. The molecule has 0 atom stereocenters. The largest absolute Gasteiger partial charge is 0.508 e. The lowest BCUT2D eigenvalue weighted by Gasteiger charge is -2.24. The number of hydrogen-bond donors (Lipinski definition) is 1. The lowest BCUT2D eigenvalue weighted by Crippen LogP contribution is -2.05. The van der Waals surface area contributed by atoms with Crippen molar-refractivity contribution in [1.29, 1.82) is 0 Å². The molecule has 0 spiro atoms. The van der Waals surface area contributed by atoms with Gasteiger partial charge in [-0.25, -0.2) is 0 Å². The highest BCUT2D eigenvalue weighted by Gasteiger charge is 2.20. The maximum Gasteiger partial charge on any atom is 0.116 e. The van der Waals surface area contributed by atoms with Gasteiger partial charge in [0, 0.05) is 4.47 Å². The molecule has 1 aliphatic carbocycles. The van der Waals surface area contributed by atoms with E-state index in [0.717, 1.165) is 15.6 Å². The fraction of sp³-hybridized carbons (Fsp3) is 0.333. The number of phenols is 1. The van der Waals surface area contributed by atoms with Gasteiger partial charge in [0.15, 0.2) is 0 Å². The summed E-state index contributed by atoms with van der Waals surface area (Å²) in [5.41, 5.74) is 3.50. The summed E-state index contributed by atoms with van der Waals surface area (Å²) in [4.78, 5) is 0. The Balaban J connectivity index is 2.06. The number of halogens is 1. The Morgan fingerprint density at radius 2 is 1.65 bits per heavy atom. The van der Waals surface area contributed by atoms with Crippen LogP contribution in [0, 0.1) is 0 Å². The van der Waals surface area contributed by atoms with Crippen molar-refractivity contribution >= 4 is 15.9 Å². The first-order chi connectivity index (χ1) is 9.75. The van der Waals surface area contributed by atoms with E-state index in [-0.39, 0.29) is 0 Å². The molecule has 2 aromatic carbocycles. The van der Waals surface area contributed by atoms with Crippen LogP contribution in [0.15, 0.2) is 46.9 Å². The molecule has 1 aliphatic rings. The van der Waals surface area contributed by atoms with Crippen LogP contribution in [0.3, 0.4) is 0 Å². The third-order valence-corrected chi connectivity index (χ3v) is 5.10. The van der Waals surface area contributed by atoms with Gasteiger partial charge in [-0.05, 0) is 63.5 Å². The van der Waals surface area contributed by atoms with E-state index in [9.17, 15) is 5.11 Å². The third-order valence-electron chi connectivity index (χ3n) is 4.22. The first-order valence-corrected chi connectivity index (χ1v) is 8.13. The molecule has 0 aliphatic heterocycles. The number of rotatable bonds is 2. The first kappa shape index (κ1) is 13.7. The highest BCUT2D eigenvalue weighted by Crippen LogP contribution is 2.42. The molecule has 1 saturated carbocycles. The van der Waals surface area contributed by atoms with Crippen molar-refractivity contribution in [3.63, 3.8) is 0 Å². The maximum absolute atomic E-state index is 10.1. The van der Waals surface area contributed by atoms with Crippen LogP contribution >= 0.6 is 15.9 Å². The Kier molecular flexibility index (Phi) is 4.11. The molecule has 1 N–H and O–H groups in total. The molecule has 20 heavy (non-hydrogen) atoms. The second-order valence-corrected chi connectivity index (χ2v) is 6.39. The summed E-state index contributed by atoms with van der Waals surface area (Å²) < 4.78 is 1.15. The van der Waals surface area contributed by atoms with E-state index >= 15 is 0 Å². The Morgan fingerprint density at radius 3 is 2.35 bits per heavy atom. The Hall–Kier alpha value is -1.28. The summed E-state index contributed by atoms with van der Waals surface area (Å²) in [6.07, 6.45) is 6.41. The predicted octanol–water partition coefficient (Wildman–Crippen LogP) is 5.87. The highest BCUT2D eigenvalue weighted by molar-refractivity contribution is 9.10. The predicted molar refractivity (Wildman–Crippen MR) is 87.1 cm³/mol. The lowest BCUT2D eigenvalue weighted by molar-refractivity contribution is 0.437. The molecule has 1 fully saturated rings. The van der Waals surface area contributed by atoms with Crippen molar-refractivity contribution in [1.82, 2.24) is 0 Å². The van der Waals surface area contributed by atoms with Crippen molar-refractivity contribution < 1.29 is 5.11 Å². The average molecular weight is 331 g/mol.